The fraction of sp³-hybridized carbons (Fsp3) is 0.154. The van der Waals surface area contributed by atoms with Gasteiger partial charge in [0, 0.05) is 18.7 Å². The van der Waals surface area contributed by atoms with Crippen molar-refractivity contribution < 1.29 is 9.53 Å². The molecule has 0 atom stereocenters. The fourth-order valence-corrected chi connectivity index (χ4v) is 3.95. The molecule has 0 aliphatic rings. The van der Waals surface area contributed by atoms with Crippen LogP contribution in [0.25, 0.3) is 16.7 Å². The summed E-state index contributed by atoms with van der Waals surface area (Å²) in [4.78, 5) is 25.4. The molecule has 0 radical (unpaired) electrons. The van der Waals surface area contributed by atoms with E-state index in [-0.39, 0.29) is 18.1 Å². The lowest BCUT2D eigenvalue weighted by Gasteiger charge is -2.11. The average molecular weight is 454 g/mol. The molecule has 170 valence electrons. The third-order valence-corrected chi connectivity index (χ3v) is 5.65. The highest BCUT2D eigenvalue weighted by molar-refractivity contribution is 5.94. The van der Waals surface area contributed by atoms with Crippen molar-refractivity contribution in [3.8, 4) is 5.75 Å². The molecule has 2 aromatic heterocycles. The lowest BCUT2D eigenvalue weighted by atomic mass is 10.2. The van der Waals surface area contributed by atoms with Gasteiger partial charge in [-0.15, -0.1) is 10.2 Å². The largest absolute Gasteiger partial charge is 0.486 e. The van der Waals surface area contributed by atoms with Gasteiger partial charge < -0.3 is 10.1 Å². The summed E-state index contributed by atoms with van der Waals surface area (Å²) >= 11 is 0. The Labute approximate surface area is 195 Å². The molecular weight excluding hydrogens is 430 g/mol. The molecule has 5 aromatic rings. The number of ether oxygens (including phenoxy) is 1. The van der Waals surface area contributed by atoms with Gasteiger partial charge in [-0.25, -0.2) is 0 Å². The van der Waals surface area contributed by atoms with Crippen molar-refractivity contribution in [3.05, 3.63) is 106 Å². The molecule has 0 spiro atoms. The number of nitrogens with one attached hydrogen (secondary N) is 1. The SMILES string of the molecule is CCn1c(=O)c2ccccc2n2c(COc3cccc(C(=O)NCc4ccccc4)c3)nnc12. The molecule has 3 aromatic carbocycles. The molecule has 0 unspecified atom stereocenters. The van der Waals surface area contributed by atoms with E-state index in [2.05, 4.69) is 15.5 Å². The van der Waals surface area contributed by atoms with E-state index in [9.17, 15) is 9.59 Å². The van der Waals surface area contributed by atoms with Crippen LogP contribution in [0.2, 0.25) is 0 Å². The predicted octanol–water partition coefficient (Wildman–Crippen LogP) is 3.57. The zero-order chi connectivity index (χ0) is 23.5. The second-order valence-corrected chi connectivity index (χ2v) is 7.80. The number of aryl methyl sites for hydroxylation is 1. The van der Waals surface area contributed by atoms with E-state index < -0.39 is 0 Å². The number of fused-ring (bicyclic) bond motifs is 3. The van der Waals surface area contributed by atoms with Crippen LogP contribution in [0.5, 0.6) is 5.75 Å². The highest BCUT2D eigenvalue weighted by atomic mass is 16.5. The van der Waals surface area contributed by atoms with Crippen molar-refractivity contribution in [2.24, 2.45) is 0 Å². The van der Waals surface area contributed by atoms with Crippen molar-refractivity contribution in [2.45, 2.75) is 26.6 Å². The van der Waals surface area contributed by atoms with Gasteiger partial charge in [-0.05, 0) is 42.8 Å². The van der Waals surface area contributed by atoms with Gasteiger partial charge in [0.05, 0.1) is 10.9 Å². The van der Waals surface area contributed by atoms with E-state index in [1.165, 1.54) is 0 Å². The van der Waals surface area contributed by atoms with Crippen LogP contribution in [0.1, 0.15) is 28.7 Å². The highest BCUT2D eigenvalue weighted by Crippen LogP contribution is 2.18. The van der Waals surface area contributed by atoms with Crippen molar-refractivity contribution in [1.29, 1.82) is 0 Å². The van der Waals surface area contributed by atoms with E-state index in [1.54, 1.807) is 34.9 Å². The molecule has 8 heteroatoms. The molecule has 0 bridgehead atoms. The van der Waals surface area contributed by atoms with Gasteiger partial charge >= 0.3 is 0 Å². The molecule has 1 N–H and O–H groups in total. The van der Waals surface area contributed by atoms with E-state index in [0.717, 1.165) is 11.1 Å². The minimum Gasteiger partial charge on any atom is -0.486 e. The van der Waals surface area contributed by atoms with Gasteiger partial charge in [0.2, 0.25) is 5.78 Å². The van der Waals surface area contributed by atoms with Gasteiger partial charge in [-0.1, -0.05) is 48.5 Å². The molecule has 8 nitrogen and oxygen atoms in total. The van der Waals surface area contributed by atoms with Crippen LogP contribution >= 0.6 is 0 Å². The van der Waals surface area contributed by atoms with E-state index in [1.807, 2.05) is 59.9 Å². The van der Waals surface area contributed by atoms with Crippen LogP contribution in [0, 0.1) is 0 Å². The maximum atomic E-state index is 12.8. The number of rotatable bonds is 7. The van der Waals surface area contributed by atoms with Gasteiger partial charge in [-0.2, -0.15) is 0 Å². The fourth-order valence-electron chi connectivity index (χ4n) is 3.95. The predicted molar refractivity (Wildman–Crippen MR) is 129 cm³/mol. The van der Waals surface area contributed by atoms with Crippen LogP contribution in [0.3, 0.4) is 0 Å². The molecule has 0 saturated carbocycles. The summed E-state index contributed by atoms with van der Waals surface area (Å²) in [6.45, 7) is 2.95. The summed E-state index contributed by atoms with van der Waals surface area (Å²) in [7, 11) is 0. The number of aromatic nitrogens is 4. The summed E-state index contributed by atoms with van der Waals surface area (Å²) in [5.41, 5.74) is 2.16. The minimum atomic E-state index is -0.180. The third-order valence-electron chi connectivity index (χ3n) is 5.65. The van der Waals surface area contributed by atoms with Crippen molar-refractivity contribution in [2.75, 3.05) is 0 Å². The highest BCUT2D eigenvalue weighted by Gasteiger charge is 2.16. The number of carbonyl (C=O) groups excluding carboxylic acids is 1. The second-order valence-electron chi connectivity index (χ2n) is 7.80. The standard InChI is InChI=1S/C26H23N5O3/c1-2-30-25(33)21-13-6-7-14-22(21)31-23(28-29-26(30)31)17-34-20-12-8-11-19(15-20)24(32)27-16-18-9-4-3-5-10-18/h3-15H,2,16-17H2,1H3,(H,27,32). The monoisotopic (exact) mass is 453 g/mol. The summed E-state index contributed by atoms with van der Waals surface area (Å²) in [6.07, 6.45) is 0. The molecular formula is C26H23N5O3. The lowest BCUT2D eigenvalue weighted by molar-refractivity contribution is 0.0950. The Morgan fingerprint density at radius 2 is 1.76 bits per heavy atom. The zero-order valence-electron chi connectivity index (χ0n) is 18.6. The Hall–Kier alpha value is -4.46. The third kappa shape index (κ3) is 4.01. The summed E-state index contributed by atoms with van der Waals surface area (Å²) in [5, 5.41) is 12.0. The Balaban J connectivity index is 1.38. The summed E-state index contributed by atoms with van der Waals surface area (Å²) in [5.74, 6) is 1.39. The Kier molecular flexibility index (Phi) is 5.78. The maximum Gasteiger partial charge on any atom is 0.262 e. The first-order chi connectivity index (χ1) is 16.7. The van der Waals surface area contributed by atoms with Crippen LogP contribution in [0.15, 0.2) is 83.7 Å². The van der Waals surface area contributed by atoms with Gasteiger partial charge in [0.1, 0.15) is 12.4 Å². The summed E-state index contributed by atoms with van der Waals surface area (Å²) in [6, 6.07) is 24.1. The Bertz CT molecular complexity index is 1540. The molecule has 5 rings (SSSR count). The number of carbonyl (C=O) groups is 1. The van der Waals surface area contributed by atoms with Crippen molar-refractivity contribution in [1.82, 2.24) is 24.5 Å². The lowest BCUT2D eigenvalue weighted by Crippen LogP contribution is -2.23. The molecule has 1 amide bonds. The van der Waals surface area contributed by atoms with E-state index >= 15 is 0 Å². The minimum absolute atomic E-state index is 0.0975. The number of para-hydroxylation sites is 1. The molecule has 0 saturated heterocycles. The van der Waals surface area contributed by atoms with Gasteiger partial charge in [0.15, 0.2) is 5.82 Å². The molecule has 34 heavy (non-hydrogen) atoms. The quantitative estimate of drug-likeness (QED) is 0.407. The first kappa shape index (κ1) is 21.4. The van der Waals surface area contributed by atoms with Crippen LogP contribution in [-0.4, -0.2) is 25.1 Å². The first-order valence-electron chi connectivity index (χ1n) is 11.1. The van der Waals surface area contributed by atoms with Crippen molar-refractivity contribution >= 4 is 22.6 Å². The molecule has 0 fully saturated rings. The van der Waals surface area contributed by atoms with Gasteiger partial charge in [0.25, 0.3) is 11.5 Å². The van der Waals surface area contributed by atoms with Crippen LogP contribution < -0.4 is 15.6 Å². The first-order valence-corrected chi connectivity index (χ1v) is 11.1. The number of hydrogen-bond donors (Lipinski definition) is 1. The number of hydrogen-bond acceptors (Lipinski definition) is 5. The van der Waals surface area contributed by atoms with Gasteiger partial charge in [-0.3, -0.25) is 18.6 Å². The van der Waals surface area contributed by atoms with E-state index in [0.29, 0.717) is 41.4 Å². The Morgan fingerprint density at radius 3 is 2.59 bits per heavy atom. The average Bonchev–Trinajstić information content (AvgIpc) is 3.31. The zero-order valence-corrected chi connectivity index (χ0v) is 18.6. The smallest absolute Gasteiger partial charge is 0.262 e. The molecule has 0 aliphatic carbocycles. The Morgan fingerprint density at radius 1 is 0.971 bits per heavy atom. The number of nitrogens with zero attached hydrogens (tertiary/aromatic N) is 4. The molecule has 0 aliphatic heterocycles. The van der Waals surface area contributed by atoms with Crippen molar-refractivity contribution in [3.63, 3.8) is 0 Å². The normalized spacial score (nSPS) is 11.1. The maximum absolute atomic E-state index is 12.8. The van der Waals surface area contributed by atoms with E-state index in [4.69, 9.17) is 4.74 Å². The molecule has 2 heterocycles. The number of amides is 1. The topological polar surface area (TPSA) is 90.5 Å². The second kappa shape index (κ2) is 9.19. The summed E-state index contributed by atoms with van der Waals surface area (Å²) < 4.78 is 9.41. The van der Waals surface area contributed by atoms with Crippen LogP contribution in [-0.2, 0) is 19.7 Å². The number of benzene rings is 3. The van der Waals surface area contributed by atoms with Crippen LogP contribution in [0.4, 0.5) is 0 Å².